The Hall–Kier alpha value is -2.77. The molecule has 2 aromatic carbocycles. The van der Waals surface area contributed by atoms with E-state index in [1.54, 1.807) is 0 Å². The number of hydrogen-bond donors (Lipinski definition) is 1. The van der Waals surface area contributed by atoms with Crippen molar-refractivity contribution >= 4 is 19.7 Å². The van der Waals surface area contributed by atoms with Crippen LogP contribution >= 0.6 is 0 Å². The maximum absolute atomic E-state index is 6.39. The van der Waals surface area contributed by atoms with Crippen LogP contribution in [0.25, 0.3) is 0 Å². The van der Waals surface area contributed by atoms with Crippen LogP contribution in [0.15, 0.2) is 54.9 Å². The molecule has 0 saturated heterocycles. The topological polar surface area (TPSA) is 51.5 Å². The average Bonchev–Trinajstić information content (AvgIpc) is 3.31. The van der Waals surface area contributed by atoms with Crippen LogP contribution in [0.3, 0.4) is 0 Å². The molecule has 0 spiro atoms. The molecule has 6 nitrogen and oxygen atoms in total. The molecule has 39 heavy (non-hydrogen) atoms. The number of aromatic nitrogens is 2. The van der Waals surface area contributed by atoms with Crippen LogP contribution in [0, 0.1) is 5.92 Å². The molecule has 2 heterocycles. The minimum atomic E-state index is -1.83. The Morgan fingerprint density at radius 1 is 1.03 bits per heavy atom. The van der Waals surface area contributed by atoms with E-state index in [0.29, 0.717) is 5.92 Å². The Balaban J connectivity index is 1.20. The summed E-state index contributed by atoms with van der Waals surface area (Å²) in [6.45, 7) is 20.8. The molecule has 1 aliphatic rings. The first kappa shape index (κ1) is 29.2. The van der Waals surface area contributed by atoms with E-state index in [4.69, 9.17) is 9.16 Å². The largest absolute Gasteiger partial charge is 0.544 e. The maximum Gasteiger partial charge on any atom is 0.250 e. The third kappa shape index (κ3) is 8.12. The van der Waals surface area contributed by atoms with Crippen molar-refractivity contribution in [3.63, 3.8) is 0 Å². The molecule has 3 aromatic rings. The number of fused-ring (bicyclic) bond motifs is 1. The molecule has 1 N–H and O–H groups in total. The molecule has 7 heteroatoms. The summed E-state index contributed by atoms with van der Waals surface area (Å²) >= 11 is 0. The number of aryl methyl sites for hydroxylation is 1. The number of hydrogen-bond acceptors (Lipinski definition) is 5. The number of benzene rings is 2. The van der Waals surface area contributed by atoms with E-state index in [0.717, 1.165) is 74.9 Å². The van der Waals surface area contributed by atoms with E-state index < -0.39 is 8.32 Å². The van der Waals surface area contributed by atoms with Crippen LogP contribution in [0.5, 0.6) is 11.5 Å². The van der Waals surface area contributed by atoms with Crippen molar-refractivity contribution in [2.45, 2.75) is 85.1 Å². The van der Waals surface area contributed by atoms with Gasteiger partial charge in [0.1, 0.15) is 11.5 Å². The zero-order valence-electron chi connectivity index (χ0n) is 25.1. The Morgan fingerprint density at radius 3 is 2.51 bits per heavy atom. The van der Waals surface area contributed by atoms with Gasteiger partial charge in [0.15, 0.2) is 0 Å². The van der Waals surface area contributed by atoms with Gasteiger partial charge in [0.25, 0.3) is 0 Å². The summed E-state index contributed by atoms with van der Waals surface area (Å²) < 4.78 is 14.6. The number of unbranched alkanes of at least 4 members (excludes halogenated alkanes) is 1. The fourth-order valence-electron chi connectivity index (χ4n) is 4.77. The van der Waals surface area contributed by atoms with Crippen molar-refractivity contribution < 1.29 is 9.16 Å². The lowest BCUT2D eigenvalue weighted by Gasteiger charge is -2.36. The summed E-state index contributed by atoms with van der Waals surface area (Å²) in [5.41, 5.74) is 4.85. The van der Waals surface area contributed by atoms with Crippen LogP contribution in [-0.4, -0.2) is 42.7 Å². The van der Waals surface area contributed by atoms with Crippen molar-refractivity contribution in [1.82, 2.24) is 14.7 Å². The summed E-state index contributed by atoms with van der Waals surface area (Å²) in [4.78, 5) is 2.56. The van der Waals surface area contributed by atoms with Gasteiger partial charge >= 0.3 is 0 Å². The summed E-state index contributed by atoms with van der Waals surface area (Å²) in [6.07, 6.45) is 7.06. The number of nitrogens with zero attached hydrogens (tertiary/aromatic N) is 3. The number of anilines is 2. The molecule has 0 radical (unpaired) electrons. The van der Waals surface area contributed by atoms with E-state index in [9.17, 15) is 0 Å². The molecule has 0 bridgehead atoms. The molecule has 0 amide bonds. The van der Waals surface area contributed by atoms with Gasteiger partial charge in [-0.2, -0.15) is 5.10 Å². The second-order valence-electron chi connectivity index (χ2n) is 12.8. The van der Waals surface area contributed by atoms with Crippen LogP contribution in [0.4, 0.5) is 11.4 Å². The molecule has 1 aliphatic heterocycles. The van der Waals surface area contributed by atoms with E-state index in [1.807, 2.05) is 10.9 Å². The van der Waals surface area contributed by atoms with Gasteiger partial charge in [-0.3, -0.25) is 9.58 Å². The zero-order chi connectivity index (χ0) is 28.0. The highest BCUT2D eigenvalue weighted by Crippen LogP contribution is 2.37. The second kappa shape index (κ2) is 12.6. The van der Waals surface area contributed by atoms with Gasteiger partial charge in [-0.1, -0.05) is 46.8 Å². The van der Waals surface area contributed by atoms with Gasteiger partial charge in [0.05, 0.1) is 18.5 Å². The molecule has 0 aliphatic carbocycles. The van der Waals surface area contributed by atoms with E-state index >= 15 is 0 Å². The molecule has 0 atom stereocenters. The van der Waals surface area contributed by atoms with Crippen molar-refractivity contribution in [2.75, 3.05) is 25.0 Å². The van der Waals surface area contributed by atoms with E-state index in [2.05, 4.69) is 112 Å². The second-order valence-corrected chi connectivity index (χ2v) is 17.6. The Labute approximate surface area is 236 Å². The van der Waals surface area contributed by atoms with Crippen molar-refractivity contribution in [3.8, 4) is 11.5 Å². The smallest absolute Gasteiger partial charge is 0.250 e. The first-order chi connectivity index (χ1) is 18.5. The van der Waals surface area contributed by atoms with Crippen LogP contribution in [0.1, 0.15) is 58.6 Å². The molecular weight excluding hydrogens is 500 g/mol. The standard InChI is InChI=1S/C32H48N4O2Si/c1-25(2)22-35-19-17-30-26(23-35)11-10-12-31(30)37-20-9-8-18-36-24-28(21-33-36)34-27-13-15-29(16-14-27)38-39(6,7)32(3,4)5/h10-16,21,24-25,34H,8-9,17-20,22-23H2,1-7H3. The predicted molar refractivity (Wildman–Crippen MR) is 165 cm³/mol. The highest BCUT2D eigenvalue weighted by Gasteiger charge is 2.38. The van der Waals surface area contributed by atoms with Crippen LogP contribution in [0.2, 0.25) is 18.1 Å². The maximum atomic E-state index is 6.39. The molecule has 0 fully saturated rings. The lowest BCUT2D eigenvalue weighted by Crippen LogP contribution is -2.43. The fraction of sp³-hybridized carbons (Fsp3) is 0.531. The fourth-order valence-corrected chi connectivity index (χ4v) is 5.80. The highest BCUT2D eigenvalue weighted by atomic mass is 28.4. The van der Waals surface area contributed by atoms with Gasteiger partial charge < -0.3 is 14.5 Å². The van der Waals surface area contributed by atoms with Crippen molar-refractivity contribution in [1.29, 1.82) is 0 Å². The minimum Gasteiger partial charge on any atom is -0.544 e. The average molecular weight is 549 g/mol. The summed E-state index contributed by atoms with van der Waals surface area (Å²) in [6, 6.07) is 14.8. The van der Waals surface area contributed by atoms with Crippen molar-refractivity contribution in [3.05, 3.63) is 66.0 Å². The Morgan fingerprint density at radius 2 is 1.79 bits per heavy atom. The van der Waals surface area contributed by atoms with Gasteiger partial charge in [-0.05, 0) is 84.8 Å². The van der Waals surface area contributed by atoms with Crippen LogP contribution in [-0.2, 0) is 19.5 Å². The first-order valence-electron chi connectivity index (χ1n) is 14.5. The first-order valence-corrected chi connectivity index (χ1v) is 17.5. The Kier molecular flexibility index (Phi) is 9.44. The number of rotatable bonds is 12. The van der Waals surface area contributed by atoms with Crippen LogP contribution < -0.4 is 14.5 Å². The van der Waals surface area contributed by atoms with Gasteiger partial charge in [0.2, 0.25) is 8.32 Å². The number of ether oxygens (including phenoxy) is 1. The molecule has 4 rings (SSSR count). The Bertz CT molecular complexity index is 1200. The summed E-state index contributed by atoms with van der Waals surface area (Å²) in [7, 11) is -1.83. The minimum absolute atomic E-state index is 0.182. The zero-order valence-corrected chi connectivity index (χ0v) is 26.1. The van der Waals surface area contributed by atoms with Crippen molar-refractivity contribution in [2.24, 2.45) is 5.92 Å². The van der Waals surface area contributed by atoms with Gasteiger partial charge in [-0.25, -0.2) is 0 Å². The molecule has 212 valence electrons. The quantitative estimate of drug-likeness (QED) is 0.184. The third-order valence-electron chi connectivity index (χ3n) is 7.92. The molecule has 1 aromatic heterocycles. The molecular formula is C32H48N4O2Si. The summed E-state index contributed by atoms with van der Waals surface area (Å²) in [5.74, 6) is 2.71. The van der Waals surface area contributed by atoms with Gasteiger partial charge in [-0.15, -0.1) is 0 Å². The normalized spacial score (nSPS) is 14.4. The monoisotopic (exact) mass is 548 g/mol. The third-order valence-corrected chi connectivity index (χ3v) is 12.3. The lowest BCUT2D eigenvalue weighted by molar-refractivity contribution is 0.222. The van der Waals surface area contributed by atoms with E-state index in [1.165, 1.54) is 11.1 Å². The predicted octanol–water partition coefficient (Wildman–Crippen LogP) is 7.88. The highest BCUT2D eigenvalue weighted by molar-refractivity contribution is 6.74. The molecule has 0 unspecified atom stereocenters. The van der Waals surface area contributed by atoms with E-state index in [-0.39, 0.29) is 5.04 Å². The van der Waals surface area contributed by atoms with Gasteiger partial charge in [0, 0.05) is 38.1 Å². The number of nitrogens with one attached hydrogen (secondary N) is 1. The lowest BCUT2D eigenvalue weighted by atomic mass is 9.98. The molecule has 0 saturated carbocycles. The summed E-state index contributed by atoms with van der Waals surface area (Å²) in [5, 5.41) is 8.17. The SMILES string of the molecule is CC(C)CN1CCc2c(cccc2OCCCCn2cc(Nc3ccc(O[Si](C)(C)C(C)(C)C)cc3)cn2)C1.